The van der Waals surface area contributed by atoms with E-state index in [2.05, 4.69) is 0 Å². The van der Waals surface area contributed by atoms with Crippen LogP contribution in [0.2, 0.25) is 0 Å². The summed E-state index contributed by atoms with van der Waals surface area (Å²) in [6.07, 6.45) is -0.477. The van der Waals surface area contributed by atoms with Crippen molar-refractivity contribution in [2.45, 2.75) is 6.18 Å². The van der Waals surface area contributed by atoms with Crippen LogP contribution in [0.1, 0.15) is 5.56 Å². The highest BCUT2D eigenvalue weighted by Gasteiger charge is 2.30. The van der Waals surface area contributed by atoms with Crippen molar-refractivity contribution in [1.29, 1.82) is 0 Å². The lowest BCUT2D eigenvalue weighted by Crippen LogP contribution is -2.28. The molecule has 0 aliphatic rings. The average molecular weight is 320 g/mol. The van der Waals surface area contributed by atoms with E-state index in [1.807, 2.05) is 0 Å². The molecule has 0 N–H and O–H groups in total. The third kappa shape index (κ3) is 2.65. The highest BCUT2D eigenvalue weighted by atomic mass is 19.4. The summed E-state index contributed by atoms with van der Waals surface area (Å²) >= 11 is 0. The van der Waals surface area contributed by atoms with E-state index in [1.54, 1.807) is 19.3 Å². The van der Waals surface area contributed by atoms with Crippen LogP contribution in [0.25, 0.3) is 21.9 Å². The first kappa shape index (κ1) is 15.1. The van der Waals surface area contributed by atoms with E-state index in [0.717, 1.165) is 18.3 Å². The maximum Gasteiger partial charge on any atom is 0.416 e. The van der Waals surface area contributed by atoms with Crippen molar-refractivity contribution in [2.75, 3.05) is 0 Å². The molecular formula is C16H11F3N2O2. The summed E-state index contributed by atoms with van der Waals surface area (Å²) in [6, 6.07) is 6.13. The molecule has 0 atom stereocenters. The Morgan fingerprint density at radius 2 is 1.70 bits per heavy atom. The summed E-state index contributed by atoms with van der Waals surface area (Å²) < 4.78 is 39.7. The van der Waals surface area contributed by atoms with Gasteiger partial charge in [0.05, 0.1) is 11.1 Å². The van der Waals surface area contributed by atoms with Crippen LogP contribution in [0.3, 0.4) is 0 Å². The van der Waals surface area contributed by atoms with Gasteiger partial charge in [-0.2, -0.15) is 17.9 Å². The molecule has 23 heavy (non-hydrogen) atoms. The molecule has 4 nitrogen and oxygen atoms in total. The molecule has 0 spiro atoms. The van der Waals surface area contributed by atoms with Gasteiger partial charge in [-0.15, -0.1) is 0 Å². The van der Waals surface area contributed by atoms with E-state index >= 15 is 0 Å². The number of hydrogen-bond acceptors (Lipinski definition) is 2. The lowest BCUT2D eigenvalue weighted by Gasteiger charge is -2.10. The van der Waals surface area contributed by atoms with Crippen LogP contribution in [0.15, 0.2) is 53.7 Å². The molecule has 0 aliphatic carbocycles. The summed E-state index contributed by atoms with van der Waals surface area (Å²) in [6.45, 7) is 0. The molecule has 0 saturated heterocycles. The zero-order valence-corrected chi connectivity index (χ0v) is 12.0. The monoisotopic (exact) mass is 320 g/mol. The molecule has 0 bridgehead atoms. The number of pyridine rings is 2. The first-order valence-corrected chi connectivity index (χ1v) is 6.67. The number of hydrogen-bond donors (Lipinski definition) is 0. The van der Waals surface area contributed by atoms with Gasteiger partial charge in [-0.25, -0.2) is 0 Å². The fourth-order valence-corrected chi connectivity index (χ4v) is 2.44. The number of nitrogens with zero attached hydrogens (tertiary/aromatic N) is 2. The Morgan fingerprint density at radius 3 is 2.30 bits per heavy atom. The van der Waals surface area contributed by atoms with E-state index < -0.39 is 11.7 Å². The van der Waals surface area contributed by atoms with Gasteiger partial charge in [-0.1, -0.05) is 12.1 Å². The first-order valence-electron chi connectivity index (χ1n) is 6.67. The summed E-state index contributed by atoms with van der Waals surface area (Å²) in [7, 11) is 1.56. The Morgan fingerprint density at radius 1 is 1.04 bits per heavy atom. The van der Waals surface area contributed by atoms with Crippen molar-refractivity contribution in [3.05, 3.63) is 70.0 Å². The van der Waals surface area contributed by atoms with Gasteiger partial charge in [0.2, 0.25) is 0 Å². The Labute approximate surface area is 128 Å². The van der Waals surface area contributed by atoms with Crippen molar-refractivity contribution < 1.29 is 17.9 Å². The Hall–Kier alpha value is -2.83. The lowest BCUT2D eigenvalue weighted by molar-refractivity contribution is -0.603. The molecule has 0 aliphatic heterocycles. The third-order valence-corrected chi connectivity index (χ3v) is 3.63. The Balaban J connectivity index is 2.24. The smallest absolute Gasteiger partial charge is 0.416 e. The minimum absolute atomic E-state index is 0.211. The minimum atomic E-state index is -4.42. The number of benzene rings is 1. The Bertz CT molecular complexity index is 944. The van der Waals surface area contributed by atoms with Gasteiger partial charge in [0.15, 0.2) is 12.4 Å². The zero-order chi connectivity index (χ0) is 16.8. The van der Waals surface area contributed by atoms with Crippen molar-refractivity contribution in [3.63, 3.8) is 0 Å². The third-order valence-electron chi connectivity index (χ3n) is 3.63. The van der Waals surface area contributed by atoms with Crippen molar-refractivity contribution >= 4 is 10.8 Å². The molecule has 0 saturated carbocycles. The Kier molecular flexibility index (Phi) is 3.35. The quantitative estimate of drug-likeness (QED) is 0.511. The summed E-state index contributed by atoms with van der Waals surface area (Å²) in [5.74, 6) is 0. The molecule has 0 radical (unpaired) electrons. The highest BCUT2D eigenvalue weighted by Crippen LogP contribution is 2.32. The molecule has 2 heterocycles. The van der Waals surface area contributed by atoms with E-state index in [4.69, 9.17) is 0 Å². The number of rotatable bonds is 1. The van der Waals surface area contributed by atoms with Gasteiger partial charge in [0.25, 0.3) is 5.56 Å². The van der Waals surface area contributed by atoms with Crippen molar-refractivity contribution in [2.24, 2.45) is 7.05 Å². The number of alkyl halides is 3. The van der Waals surface area contributed by atoms with Gasteiger partial charge in [-0.3, -0.25) is 4.79 Å². The topological polar surface area (TPSA) is 48.9 Å². The van der Waals surface area contributed by atoms with Gasteiger partial charge >= 0.3 is 6.18 Å². The minimum Gasteiger partial charge on any atom is -0.619 e. The van der Waals surface area contributed by atoms with Crippen LogP contribution in [0.4, 0.5) is 13.2 Å². The van der Waals surface area contributed by atoms with Crippen LogP contribution in [0, 0.1) is 5.21 Å². The molecule has 0 fully saturated rings. The second-order valence-corrected chi connectivity index (χ2v) is 5.17. The number of aromatic nitrogens is 2. The molecule has 2 aromatic heterocycles. The summed E-state index contributed by atoms with van der Waals surface area (Å²) in [5.41, 5.74) is -0.279. The molecule has 7 heteroatoms. The van der Waals surface area contributed by atoms with E-state index in [0.29, 0.717) is 21.2 Å². The molecule has 3 rings (SSSR count). The van der Waals surface area contributed by atoms with E-state index in [1.165, 1.54) is 22.9 Å². The van der Waals surface area contributed by atoms with Gasteiger partial charge in [0, 0.05) is 18.6 Å². The van der Waals surface area contributed by atoms with Crippen LogP contribution in [-0.2, 0) is 13.2 Å². The predicted molar refractivity (Wildman–Crippen MR) is 78.6 cm³/mol. The van der Waals surface area contributed by atoms with Crippen LogP contribution < -0.4 is 10.3 Å². The lowest BCUT2D eigenvalue weighted by atomic mass is 10.0. The summed E-state index contributed by atoms with van der Waals surface area (Å²) in [5, 5.41) is 12.5. The van der Waals surface area contributed by atoms with Gasteiger partial charge in [0.1, 0.15) is 5.39 Å². The SMILES string of the molecule is Cn1ccc2c(-c3ccc(C(F)(F)F)cc3)c[n+]([O-])cc2c1=O. The van der Waals surface area contributed by atoms with Crippen molar-refractivity contribution in [3.8, 4) is 11.1 Å². The normalized spacial score (nSPS) is 11.8. The standard InChI is InChI=1S/C16H11F3N2O2/c1-20-7-6-12-13(8-21(23)9-14(12)15(20)22)10-2-4-11(5-3-10)16(17,18)19/h2-9H,1H3. The van der Waals surface area contributed by atoms with E-state index in [-0.39, 0.29) is 10.9 Å². The molecule has 118 valence electrons. The highest BCUT2D eigenvalue weighted by molar-refractivity contribution is 5.94. The maximum absolute atomic E-state index is 12.6. The molecule has 1 aromatic carbocycles. The van der Waals surface area contributed by atoms with Crippen LogP contribution in [-0.4, -0.2) is 4.57 Å². The predicted octanol–water partition coefficient (Wildman–Crippen LogP) is 2.86. The zero-order valence-electron chi connectivity index (χ0n) is 12.0. The largest absolute Gasteiger partial charge is 0.619 e. The van der Waals surface area contributed by atoms with Gasteiger partial charge in [-0.05, 0) is 23.8 Å². The first-order chi connectivity index (χ1) is 10.8. The fourth-order valence-electron chi connectivity index (χ4n) is 2.44. The second-order valence-electron chi connectivity index (χ2n) is 5.17. The average Bonchev–Trinajstić information content (AvgIpc) is 2.50. The molecular weight excluding hydrogens is 309 g/mol. The number of fused-ring (bicyclic) bond motifs is 1. The van der Waals surface area contributed by atoms with Gasteiger partial charge < -0.3 is 9.77 Å². The summed E-state index contributed by atoms with van der Waals surface area (Å²) in [4.78, 5) is 12.1. The second kappa shape index (κ2) is 5.12. The molecule has 3 aromatic rings. The van der Waals surface area contributed by atoms with Crippen molar-refractivity contribution in [1.82, 2.24) is 4.57 Å². The molecule has 0 amide bonds. The number of aryl methyl sites for hydroxylation is 1. The van der Waals surface area contributed by atoms with Crippen LogP contribution in [0.5, 0.6) is 0 Å². The van der Waals surface area contributed by atoms with Crippen LogP contribution >= 0.6 is 0 Å². The number of halogens is 3. The van der Waals surface area contributed by atoms with E-state index in [9.17, 15) is 23.2 Å². The molecule has 0 unspecified atom stereocenters. The fraction of sp³-hybridized carbons (Fsp3) is 0.125. The maximum atomic E-state index is 12.6.